The molecule has 0 bridgehead atoms. The van der Waals surface area contributed by atoms with E-state index in [2.05, 4.69) is 10.6 Å². The smallest absolute Gasteiger partial charge is 0.224 e. The summed E-state index contributed by atoms with van der Waals surface area (Å²) in [6.45, 7) is 4.29. The van der Waals surface area contributed by atoms with Gasteiger partial charge in [0.05, 0.1) is 19.3 Å². The molecule has 0 saturated carbocycles. The number of hydrogen-bond donors (Lipinski definition) is 2. The molecule has 2 rings (SSSR count). The Morgan fingerprint density at radius 2 is 2.15 bits per heavy atom. The van der Waals surface area contributed by atoms with Gasteiger partial charge in [0.2, 0.25) is 5.91 Å². The van der Waals surface area contributed by atoms with E-state index in [0.29, 0.717) is 36.4 Å². The Labute approximate surface area is 118 Å². The van der Waals surface area contributed by atoms with E-state index in [0.717, 1.165) is 5.56 Å². The molecule has 20 heavy (non-hydrogen) atoms. The van der Waals surface area contributed by atoms with E-state index in [1.165, 1.54) is 0 Å². The fraction of sp³-hybridized carbons (Fsp3) is 0.467. The lowest BCUT2D eigenvalue weighted by Crippen LogP contribution is -2.30. The molecular formula is C15H20N2O3. The number of fused-ring (bicyclic) bond motifs is 1. The summed E-state index contributed by atoms with van der Waals surface area (Å²) in [7, 11) is 1.55. The van der Waals surface area contributed by atoms with Gasteiger partial charge in [0.15, 0.2) is 5.78 Å². The highest BCUT2D eigenvalue weighted by atomic mass is 16.5. The first-order valence-electron chi connectivity index (χ1n) is 6.79. The van der Waals surface area contributed by atoms with Crippen LogP contribution in [0.1, 0.15) is 36.2 Å². The van der Waals surface area contributed by atoms with Gasteiger partial charge in [0.25, 0.3) is 0 Å². The Kier molecular flexibility index (Phi) is 4.39. The maximum atomic E-state index is 12.3. The molecule has 108 valence electrons. The average Bonchev–Trinajstić information content (AvgIpc) is 2.43. The van der Waals surface area contributed by atoms with Gasteiger partial charge in [-0.3, -0.25) is 9.59 Å². The van der Waals surface area contributed by atoms with Crippen molar-refractivity contribution in [2.24, 2.45) is 0 Å². The van der Waals surface area contributed by atoms with E-state index in [4.69, 9.17) is 4.74 Å². The minimum absolute atomic E-state index is 0.0359. The molecule has 2 N–H and O–H groups in total. The molecule has 1 aliphatic rings. The van der Waals surface area contributed by atoms with E-state index in [1.54, 1.807) is 19.2 Å². The van der Waals surface area contributed by atoms with Crippen LogP contribution in [0, 0.1) is 0 Å². The molecule has 1 amide bonds. The number of anilines is 1. The number of ether oxygens (including phenoxy) is 1. The first-order valence-corrected chi connectivity index (χ1v) is 6.79. The summed E-state index contributed by atoms with van der Waals surface area (Å²) in [6, 6.07) is 3.76. The van der Waals surface area contributed by atoms with Gasteiger partial charge < -0.3 is 15.4 Å². The molecule has 5 heteroatoms. The van der Waals surface area contributed by atoms with Crippen LogP contribution in [0.25, 0.3) is 0 Å². The highest BCUT2D eigenvalue weighted by Crippen LogP contribution is 2.35. The Morgan fingerprint density at radius 3 is 2.80 bits per heavy atom. The highest BCUT2D eigenvalue weighted by molar-refractivity contribution is 6.04. The predicted octanol–water partition coefficient (Wildman–Crippen LogP) is 1.76. The normalized spacial score (nSPS) is 13.9. The van der Waals surface area contributed by atoms with E-state index < -0.39 is 0 Å². The van der Waals surface area contributed by atoms with Crippen molar-refractivity contribution >= 4 is 17.4 Å². The third kappa shape index (κ3) is 2.99. The molecule has 0 atom stereocenters. The summed E-state index contributed by atoms with van der Waals surface area (Å²) in [5, 5.41) is 5.92. The van der Waals surface area contributed by atoms with Crippen LogP contribution in [0.3, 0.4) is 0 Å². The number of hydrogen-bond acceptors (Lipinski definition) is 4. The standard InChI is InChI=1S/C15H20N2O3/c1-9(2)16-8-12(18)10-4-6-13(20-3)15-11(10)5-7-14(19)17-15/h4,6,9,16H,5,7-8H2,1-3H3,(H,17,19). The number of ketones is 1. The molecule has 5 nitrogen and oxygen atoms in total. The first-order chi connectivity index (χ1) is 9.52. The number of methoxy groups -OCH3 is 1. The lowest BCUT2D eigenvalue weighted by atomic mass is 9.94. The van der Waals surface area contributed by atoms with Crippen LogP contribution < -0.4 is 15.4 Å². The van der Waals surface area contributed by atoms with Crippen molar-refractivity contribution in [1.82, 2.24) is 5.32 Å². The van der Waals surface area contributed by atoms with Crippen molar-refractivity contribution in [2.75, 3.05) is 19.0 Å². The van der Waals surface area contributed by atoms with Crippen LogP contribution in [0.15, 0.2) is 12.1 Å². The van der Waals surface area contributed by atoms with E-state index >= 15 is 0 Å². The van der Waals surface area contributed by atoms with Crippen molar-refractivity contribution < 1.29 is 14.3 Å². The number of benzene rings is 1. The molecule has 1 heterocycles. The fourth-order valence-electron chi connectivity index (χ4n) is 2.29. The van der Waals surface area contributed by atoms with Gasteiger partial charge in [-0.25, -0.2) is 0 Å². The minimum Gasteiger partial charge on any atom is -0.495 e. The molecule has 0 aliphatic carbocycles. The number of amides is 1. The quantitative estimate of drug-likeness (QED) is 0.804. The molecule has 0 saturated heterocycles. The summed E-state index contributed by atoms with van der Waals surface area (Å²) in [6.07, 6.45) is 0.971. The number of rotatable bonds is 5. The molecular weight excluding hydrogens is 256 g/mol. The number of Topliss-reactive ketones (excluding diaryl/α,β-unsaturated/α-hetero) is 1. The van der Waals surface area contributed by atoms with Gasteiger partial charge in [-0.1, -0.05) is 13.8 Å². The molecule has 0 radical (unpaired) electrons. The fourth-order valence-corrected chi connectivity index (χ4v) is 2.29. The van der Waals surface area contributed by atoms with Crippen molar-refractivity contribution in [3.8, 4) is 5.75 Å². The van der Waals surface area contributed by atoms with E-state index in [9.17, 15) is 9.59 Å². The van der Waals surface area contributed by atoms with E-state index in [-0.39, 0.29) is 17.7 Å². The maximum Gasteiger partial charge on any atom is 0.224 e. The van der Waals surface area contributed by atoms with Crippen LogP contribution in [-0.2, 0) is 11.2 Å². The number of carbonyl (C=O) groups is 2. The second-order valence-electron chi connectivity index (χ2n) is 5.18. The van der Waals surface area contributed by atoms with Crippen LogP contribution in [0.2, 0.25) is 0 Å². The summed E-state index contributed by atoms with van der Waals surface area (Å²) < 4.78 is 5.25. The zero-order valence-corrected chi connectivity index (χ0v) is 12.1. The molecule has 1 aliphatic heterocycles. The Morgan fingerprint density at radius 1 is 1.40 bits per heavy atom. The van der Waals surface area contributed by atoms with E-state index in [1.807, 2.05) is 13.8 Å². The summed E-state index contributed by atoms with van der Waals surface area (Å²) in [5.41, 5.74) is 2.17. The lowest BCUT2D eigenvalue weighted by Gasteiger charge is -2.22. The summed E-state index contributed by atoms with van der Waals surface area (Å²) in [5.74, 6) is 0.593. The summed E-state index contributed by atoms with van der Waals surface area (Å²) >= 11 is 0. The Balaban J connectivity index is 2.33. The van der Waals surface area contributed by atoms with Crippen molar-refractivity contribution in [1.29, 1.82) is 0 Å². The van der Waals surface area contributed by atoms with Gasteiger partial charge in [-0.2, -0.15) is 0 Å². The first kappa shape index (κ1) is 14.5. The number of nitrogens with one attached hydrogen (secondary N) is 2. The van der Waals surface area contributed by atoms with Crippen LogP contribution in [-0.4, -0.2) is 31.4 Å². The average molecular weight is 276 g/mol. The van der Waals surface area contributed by atoms with Gasteiger partial charge in [-0.15, -0.1) is 0 Å². The molecule has 0 aromatic heterocycles. The second kappa shape index (κ2) is 6.05. The third-order valence-corrected chi connectivity index (χ3v) is 3.33. The third-order valence-electron chi connectivity index (χ3n) is 3.33. The van der Waals surface area contributed by atoms with Gasteiger partial charge in [0.1, 0.15) is 5.75 Å². The van der Waals surface area contributed by atoms with Gasteiger partial charge in [0, 0.05) is 18.0 Å². The molecule has 0 fully saturated rings. The van der Waals surface area contributed by atoms with Crippen molar-refractivity contribution in [3.63, 3.8) is 0 Å². The van der Waals surface area contributed by atoms with Gasteiger partial charge >= 0.3 is 0 Å². The molecule has 0 unspecified atom stereocenters. The highest BCUT2D eigenvalue weighted by Gasteiger charge is 2.24. The summed E-state index contributed by atoms with van der Waals surface area (Å²) in [4.78, 5) is 23.8. The zero-order chi connectivity index (χ0) is 14.7. The van der Waals surface area contributed by atoms with Crippen LogP contribution in [0.4, 0.5) is 5.69 Å². The topological polar surface area (TPSA) is 67.4 Å². The maximum absolute atomic E-state index is 12.3. The zero-order valence-electron chi connectivity index (χ0n) is 12.1. The van der Waals surface area contributed by atoms with Crippen LogP contribution >= 0.6 is 0 Å². The Hall–Kier alpha value is -1.88. The van der Waals surface area contributed by atoms with Crippen molar-refractivity contribution in [3.05, 3.63) is 23.3 Å². The molecule has 0 spiro atoms. The van der Waals surface area contributed by atoms with Crippen molar-refractivity contribution in [2.45, 2.75) is 32.7 Å². The van der Waals surface area contributed by atoms with Crippen LogP contribution in [0.5, 0.6) is 5.75 Å². The minimum atomic E-state index is -0.0410. The lowest BCUT2D eigenvalue weighted by molar-refractivity contribution is -0.116. The molecule has 1 aromatic rings. The second-order valence-corrected chi connectivity index (χ2v) is 5.18. The molecule has 1 aromatic carbocycles. The Bertz CT molecular complexity index is 538. The largest absolute Gasteiger partial charge is 0.495 e. The monoisotopic (exact) mass is 276 g/mol. The number of carbonyl (C=O) groups excluding carboxylic acids is 2. The SMILES string of the molecule is COc1ccc(C(=O)CNC(C)C)c2c1NC(=O)CC2. The predicted molar refractivity (Wildman–Crippen MR) is 77.4 cm³/mol. The van der Waals surface area contributed by atoms with Gasteiger partial charge in [-0.05, 0) is 24.1 Å².